The Balaban J connectivity index is 1.83. The van der Waals surface area contributed by atoms with Crippen LogP contribution in [0.2, 0.25) is 0 Å². The Bertz CT molecular complexity index is 685. The van der Waals surface area contributed by atoms with Crippen molar-refractivity contribution in [2.24, 2.45) is 5.92 Å². The van der Waals surface area contributed by atoms with Gasteiger partial charge in [-0.1, -0.05) is 13.8 Å². The number of fused-ring (bicyclic) bond motifs is 1. The van der Waals surface area contributed by atoms with Crippen LogP contribution in [-0.4, -0.2) is 40.9 Å². The number of anilines is 1. The first-order valence-corrected chi connectivity index (χ1v) is 8.34. The van der Waals surface area contributed by atoms with Crippen LogP contribution < -0.4 is 16.0 Å². The maximum absolute atomic E-state index is 12.1. The molecule has 124 valence electrons. The fraction of sp³-hybridized carbons (Fsp3) is 0.467. The molecule has 0 aliphatic rings. The van der Waals surface area contributed by atoms with Gasteiger partial charge in [0.2, 0.25) is 11.8 Å². The molecule has 3 N–H and O–H groups in total. The molecule has 0 spiro atoms. The number of hydrogen-bond donors (Lipinski definition) is 3. The molecule has 23 heavy (non-hydrogen) atoms. The second-order valence-corrected chi connectivity index (χ2v) is 6.40. The van der Waals surface area contributed by atoms with E-state index < -0.39 is 6.04 Å². The van der Waals surface area contributed by atoms with E-state index in [0.717, 1.165) is 16.0 Å². The van der Waals surface area contributed by atoms with E-state index in [1.165, 1.54) is 13.3 Å². The molecule has 0 saturated heterocycles. The average Bonchev–Trinajstić information content (AvgIpc) is 2.97. The van der Waals surface area contributed by atoms with Gasteiger partial charge in [-0.15, -0.1) is 11.3 Å². The molecule has 0 aliphatic heterocycles. The van der Waals surface area contributed by atoms with E-state index in [1.807, 2.05) is 25.3 Å². The van der Waals surface area contributed by atoms with Crippen molar-refractivity contribution in [1.29, 1.82) is 0 Å². The van der Waals surface area contributed by atoms with Crippen LogP contribution >= 0.6 is 11.3 Å². The quantitative estimate of drug-likeness (QED) is 0.664. The van der Waals surface area contributed by atoms with E-state index >= 15 is 0 Å². The smallest absolute Gasteiger partial charge is 0.242 e. The predicted octanol–water partition coefficient (Wildman–Crippen LogP) is 1.38. The molecule has 2 aromatic rings. The normalized spacial score (nSPS) is 12.2. The first-order chi connectivity index (χ1) is 11.0. The summed E-state index contributed by atoms with van der Waals surface area (Å²) < 4.78 is 0. The molecule has 0 aliphatic carbocycles. The summed E-state index contributed by atoms with van der Waals surface area (Å²) in [6.45, 7) is 6.18. The minimum Gasteiger partial charge on any atom is -0.368 e. The largest absolute Gasteiger partial charge is 0.368 e. The summed E-state index contributed by atoms with van der Waals surface area (Å²) in [5, 5.41) is 11.6. The molecule has 7 nitrogen and oxygen atoms in total. The number of carbonyl (C=O) groups excluding carboxylic acids is 2. The Morgan fingerprint density at radius 1 is 1.26 bits per heavy atom. The average molecular weight is 335 g/mol. The minimum atomic E-state index is -0.518. The third kappa shape index (κ3) is 4.62. The van der Waals surface area contributed by atoms with Gasteiger partial charge in [0.05, 0.1) is 5.39 Å². The van der Waals surface area contributed by atoms with E-state index in [4.69, 9.17) is 0 Å². The molecular formula is C15H21N5O2S. The zero-order valence-corrected chi connectivity index (χ0v) is 14.2. The van der Waals surface area contributed by atoms with Crippen molar-refractivity contribution in [2.75, 3.05) is 18.4 Å². The second-order valence-electron chi connectivity index (χ2n) is 5.50. The number of amides is 2. The lowest BCUT2D eigenvalue weighted by atomic mass is 10.0. The lowest BCUT2D eigenvalue weighted by molar-refractivity contribution is -0.129. The van der Waals surface area contributed by atoms with Gasteiger partial charge in [0.1, 0.15) is 23.0 Å². The van der Waals surface area contributed by atoms with E-state index in [2.05, 4.69) is 25.9 Å². The molecule has 0 unspecified atom stereocenters. The molecule has 0 fully saturated rings. The number of aromatic nitrogens is 2. The summed E-state index contributed by atoms with van der Waals surface area (Å²) in [7, 11) is 0. The molecular weight excluding hydrogens is 314 g/mol. The maximum Gasteiger partial charge on any atom is 0.242 e. The highest BCUT2D eigenvalue weighted by Gasteiger charge is 2.22. The number of thiophene rings is 1. The third-order valence-corrected chi connectivity index (χ3v) is 4.11. The standard InChI is InChI=1S/C15H21N5O2S/c1-9(2)12(20-10(3)21)14(22)17-6-5-16-13-11-4-7-23-15(11)19-8-18-13/h4,7-9,12H,5-6H2,1-3H3,(H,17,22)(H,20,21)(H,16,18,19)/t12-/m1/s1. The maximum atomic E-state index is 12.1. The predicted molar refractivity (Wildman–Crippen MR) is 91.4 cm³/mol. The van der Waals surface area contributed by atoms with E-state index in [1.54, 1.807) is 11.3 Å². The van der Waals surface area contributed by atoms with Crippen molar-refractivity contribution in [3.05, 3.63) is 17.8 Å². The van der Waals surface area contributed by atoms with Crippen LogP contribution in [0.5, 0.6) is 0 Å². The van der Waals surface area contributed by atoms with E-state index in [9.17, 15) is 9.59 Å². The topological polar surface area (TPSA) is 96.0 Å². The first kappa shape index (κ1) is 17.1. The Hall–Kier alpha value is -2.22. The molecule has 8 heteroatoms. The van der Waals surface area contributed by atoms with Gasteiger partial charge in [0.25, 0.3) is 0 Å². The number of hydrogen-bond acceptors (Lipinski definition) is 6. The zero-order chi connectivity index (χ0) is 16.8. The molecule has 2 aromatic heterocycles. The molecule has 2 amide bonds. The van der Waals surface area contributed by atoms with Crippen molar-refractivity contribution in [1.82, 2.24) is 20.6 Å². The monoisotopic (exact) mass is 335 g/mol. The summed E-state index contributed by atoms with van der Waals surface area (Å²) in [6.07, 6.45) is 1.52. The van der Waals surface area contributed by atoms with Crippen molar-refractivity contribution in [3.8, 4) is 0 Å². The lowest BCUT2D eigenvalue weighted by Gasteiger charge is -2.21. The van der Waals surface area contributed by atoms with Crippen LogP contribution in [0.1, 0.15) is 20.8 Å². The second kappa shape index (κ2) is 7.87. The summed E-state index contributed by atoms with van der Waals surface area (Å²) in [6, 6.07) is 1.45. The number of nitrogens with zero attached hydrogens (tertiary/aromatic N) is 2. The summed E-state index contributed by atoms with van der Waals surface area (Å²) >= 11 is 1.56. The highest BCUT2D eigenvalue weighted by atomic mass is 32.1. The van der Waals surface area contributed by atoms with Gasteiger partial charge in [-0.05, 0) is 17.4 Å². The van der Waals surface area contributed by atoms with Crippen LogP contribution in [0, 0.1) is 5.92 Å². The van der Waals surface area contributed by atoms with Gasteiger partial charge in [-0.2, -0.15) is 0 Å². The van der Waals surface area contributed by atoms with Crippen LogP contribution in [0.25, 0.3) is 10.2 Å². The van der Waals surface area contributed by atoms with Gasteiger partial charge >= 0.3 is 0 Å². The Kier molecular flexibility index (Phi) is 5.86. The van der Waals surface area contributed by atoms with Gasteiger partial charge in [0.15, 0.2) is 0 Å². The van der Waals surface area contributed by atoms with Gasteiger partial charge in [0, 0.05) is 20.0 Å². The summed E-state index contributed by atoms with van der Waals surface area (Å²) in [5.74, 6) is 0.394. The van der Waals surface area contributed by atoms with E-state index in [0.29, 0.717) is 13.1 Å². The number of nitrogens with one attached hydrogen (secondary N) is 3. The summed E-state index contributed by atoms with van der Waals surface area (Å²) in [5.41, 5.74) is 0. The van der Waals surface area contributed by atoms with Crippen LogP contribution in [-0.2, 0) is 9.59 Å². The molecule has 0 bridgehead atoms. The van der Waals surface area contributed by atoms with Gasteiger partial charge in [-0.3, -0.25) is 9.59 Å². The highest BCUT2D eigenvalue weighted by molar-refractivity contribution is 7.16. The molecule has 0 aromatic carbocycles. The van der Waals surface area contributed by atoms with Gasteiger partial charge < -0.3 is 16.0 Å². The molecule has 2 heterocycles. The zero-order valence-electron chi connectivity index (χ0n) is 13.4. The van der Waals surface area contributed by atoms with Gasteiger partial charge in [-0.25, -0.2) is 9.97 Å². The van der Waals surface area contributed by atoms with Crippen LogP contribution in [0.3, 0.4) is 0 Å². The van der Waals surface area contributed by atoms with Crippen molar-refractivity contribution in [3.63, 3.8) is 0 Å². The fourth-order valence-electron chi connectivity index (χ4n) is 2.16. The highest BCUT2D eigenvalue weighted by Crippen LogP contribution is 2.23. The minimum absolute atomic E-state index is 0.0270. The van der Waals surface area contributed by atoms with E-state index in [-0.39, 0.29) is 17.7 Å². The molecule has 0 radical (unpaired) electrons. The molecule has 1 atom stereocenters. The number of rotatable bonds is 7. The SMILES string of the molecule is CC(=O)N[C@@H](C(=O)NCCNc1ncnc2sccc12)C(C)C. The van der Waals surface area contributed by atoms with Crippen molar-refractivity contribution < 1.29 is 9.59 Å². The van der Waals surface area contributed by atoms with Crippen molar-refractivity contribution >= 4 is 39.2 Å². The molecule has 2 rings (SSSR count). The van der Waals surface area contributed by atoms with Crippen LogP contribution in [0.15, 0.2) is 17.8 Å². The Morgan fingerprint density at radius 3 is 2.74 bits per heavy atom. The first-order valence-electron chi connectivity index (χ1n) is 7.46. The Labute approximate surface area is 138 Å². The Morgan fingerprint density at radius 2 is 2.04 bits per heavy atom. The third-order valence-electron chi connectivity index (χ3n) is 3.29. The van der Waals surface area contributed by atoms with Crippen LogP contribution in [0.4, 0.5) is 5.82 Å². The lowest BCUT2D eigenvalue weighted by Crippen LogP contribution is -2.49. The summed E-state index contributed by atoms with van der Waals surface area (Å²) in [4.78, 5) is 32.6. The fourth-order valence-corrected chi connectivity index (χ4v) is 2.89. The number of carbonyl (C=O) groups is 2. The van der Waals surface area contributed by atoms with Crippen molar-refractivity contribution in [2.45, 2.75) is 26.8 Å². The molecule has 0 saturated carbocycles.